The van der Waals surface area contributed by atoms with Gasteiger partial charge in [-0.3, -0.25) is 4.79 Å². The van der Waals surface area contributed by atoms with Gasteiger partial charge >= 0.3 is 0 Å². The van der Waals surface area contributed by atoms with E-state index in [2.05, 4.69) is 5.32 Å². The average Bonchev–Trinajstić information content (AvgIpc) is 2.55. The Labute approximate surface area is 159 Å². The number of carbonyl (C=O) groups excluding carboxylic acids is 1. The minimum atomic E-state index is -3.83. The maximum absolute atomic E-state index is 13.2. The zero-order valence-corrected chi connectivity index (χ0v) is 15.4. The molecule has 0 spiro atoms. The second-order valence-electron chi connectivity index (χ2n) is 5.70. The Morgan fingerprint density at radius 1 is 1.15 bits per heavy atom. The molecule has 0 unspecified atom stereocenters. The van der Waals surface area contributed by atoms with Crippen molar-refractivity contribution in [3.8, 4) is 0 Å². The molecule has 10 heteroatoms. The monoisotopic (exact) mass is 418 g/mol. The number of halogens is 3. The highest BCUT2D eigenvalue weighted by atomic mass is 35.5. The van der Waals surface area contributed by atoms with Gasteiger partial charge in [0.1, 0.15) is 5.82 Å². The molecule has 2 N–H and O–H groups in total. The molecular formula is C16H13Cl2FN2O4S. The molecule has 26 heavy (non-hydrogen) atoms. The van der Waals surface area contributed by atoms with Crippen LogP contribution in [0.3, 0.4) is 0 Å². The summed E-state index contributed by atoms with van der Waals surface area (Å²) >= 11 is 11.7. The molecule has 1 aliphatic heterocycles. The van der Waals surface area contributed by atoms with Crippen LogP contribution in [-0.2, 0) is 10.0 Å². The highest BCUT2D eigenvalue weighted by Crippen LogP contribution is 2.27. The number of sulfonamides is 1. The largest absolute Gasteiger partial charge is 0.390 e. The summed E-state index contributed by atoms with van der Waals surface area (Å²) in [6.07, 6.45) is -0.692. The first kappa shape index (κ1) is 19.1. The molecule has 2 aromatic rings. The fourth-order valence-electron chi connectivity index (χ4n) is 2.37. The third-order valence-electron chi connectivity index (χ3n) is 3.83. The minimum absolute atomic E-state index is 0.000564. The molecule has 0 bridgehead atoms. The van der Waals surface area contributed by atoms with E-state index in [9.17, 15) is 22.7 Å². The maximum atomic E-state index is 13.2. The second kappa shape index (κ2) is 7.13. The van der Waals surface area contributed by atoms with Crippen molar-refractivity contribution in [2.75, 3.05) is 18.4 Å². The number of aliphatic hydroxyl groups is 1. The van der Waals surface area contributed by atoms with E-state index in [0.29, 0.717) is 0 Å². The summed E-state index contributed by atoms with van der Waals surface area (Å²) in [5.74, 6) is -1.30. The Balaban J connectivity index is 1.87. The molecule has 1 heterocycles. The number of β-amino-alcohol motifs (C(OH)–C–C–N with tert-alkyl or cyclic N) is 1. The van der Waals surface area contributed by atoms with Crippen molar-refractivity contribution in [1.29, 1.82) is 0 Å². The van der Waals surface area contributed by atoms with Crippen molar-refractivity contribution in [2.24, 2.45) is 0 Å². The van der Waals surface area contributed by atoms with Crippen LogP contribution < -0.4 is 5.32 Å². The zero-order valence-electron chi connectivity index (χ0n) is 13.1. The predicted octanol–water partition coefficient (Wildman–Crippen LogP) is 2.75. The molecule has 1 fully saturated rings. The summed E-state index contributed by atoms with van der Waals surface area (Å²) < 4.78 is 39.2. The summed E-state index contributed by atoms with van der Waals surface area (Å²) in [7, 11) is -3.83. The van der Waals surface area contributed by atoms with E-state index < -0.39 is 27.9 Å². The Hall–Kier alpha value is -1.71. The summed E-state index contributed by atoms with van der Waals surface area (Å²) in [6.45, 7) is 0.00113. The van der Waals surface area contributed by atoms with Gasteiger partial charge in [-0.25, -0.2) is 12.8 Å². The molecule has 138 valence electrons. The molecule has 2 aromatic carbocycles. The van der Waals surface area contributed by atoms with Gasteiger partial charge in [0.05, 0.1) is 26.6 Å². The minimum Gasteiger partial charge on any atom is -0.390 e. The number of aliphatic hydroxyl groups excluding tert-OH is 1. The molecule has 0 aliphatic carbocycles. The maximum Gasteiger partial charge on any atom is 0.257 e. The number of amides is 1. The molecule has 0 aromatic heterocycles. The van der Waals surface area contributed by atoms with Crippen molar-refractivity contribution >= 4 is 44.8 Å². The van der Waals surface area contributed by atoms with Crippen LogP contribution in [0.15, 0.2) is 41.3 Å². The quantitative estimate of drug-likeness (QED) is 0.798. The molecule has 0 atom stereocenters. The lowest BCUT2D eigenvalue weighted by molar-refractivity contribution is 0.0548. The third kappa shape index (κ3) is 3.70. The highest BCUT2D eigenvalue weighted by Gasteiger charge is 2.36. The van der Waals surface area contributed by atoms with E-state index in [1.807, 2.05) is 0 Å². The molecule has 6 nitrogen and oxygen atoms in total. The van der Waals surface area contributed by atoms with Crippen LogP contribution in [-0.4, -0.2) is 42.9 Å². The van der Waals surface area contributed by atoms with Gasteiger partial charge in [-0.1, -0.05) is 23.2 Å². The molecule has 1 amide bonds. The van der Waals surface area contributed by atoms with E-state index in [0.717, 1.165) is 16.4 Å². The zero-order chi connectivity index (χ0) is 19.1. The standard InChI is InChI=1S/C16H13Cl2FN2O4S/c17-13-3-2-11(26(24,25)21-7-10(22)8-21)6-12(13)16(23)20-9-1-4-15(19)14(18)5-9/h1-6,10,22H,7-8H2,(H,20,23). The van der Waals surface area contributed by atoms with Gasteiger partial charge in [-0.2, -0.15) is 4.31 Å². The topological polar surface area (TPSA) is 86.7 Å². The van der Waals surface area contributed by atoms with Gasteiger partial charge in [0.25, 0.3) is 5.91 Å². The van der Waals surface area contributed by atoms with Crippen molar-refractivity contribution in [1.82, 2.24) is 4.31 Å². The van der Waals surface area contributed by atoms with Crippen molar-refractivity contribution in [3.63, 3.8) is 0 Å². The number of nitrogens with one attached hydrogen (secondary N) is 1. The molecule has 1 aliphatic rings. The Morgan fingerprint density at radius 3 is 2.46 bits per heavy atom. The number of hydrogen-bond donors (Lipinski definition) is 2. The van der Waals surface area contributed by atoms with E-state index in [1.54, 1.807) is 0 Å². The number of rotatable bonds is 4. The Morgan fingerprint density at radius 2 is 1.85 bits per heavy atom. The van der Waals surface area contributed by atoms with Gasteiger partial charge < -0.3 is 10.4 Å². The Kier molecular flexibility index (Phi) is 5.23. The van der Waals surface area contributed by atoms with Crippen LogP contribution >= 0.6 is 23.2 Å². The van der Waals surface area contributed by atoms with Gasteiger partial charge in [0, 0.05) is 18.8 Å². The van der Waals surface area contributed by atoms with Gasteiger partial charge in [0.2, 0.25) is 10.0 Å². The Bertz CT molecular complexity index is 978. The van der Waals surface area contributed by atoms with Crippen molar-refractivity contribution in [2.45, 2.75) is 11.0 Å². The van der Waals surface area contributed by atoms with Crippen LogP contribution in [0.25, 0.3) is 0 Å². The molecular weight excluding hydrogens is 406 g/mol. The van der Waals surface area contributed by atoms with Crippen molar-refractivity contribution < 1.29 is 22.7 Å². The smallest absolute Gasteiger partial charge is 0.257 e. The SMILES string of the molecule is O=C(Nc1ccc(F)c(Cl)c1)c1cc(S(=O)(=O)N2CC(O)C2)ccc1Cl. The molecule has 0 saturated carbocycles. The summed E-state index contributed by atoms with van der Waals surface area (Å²) in [6, 6.07) is 7.38. The lowest BCUT2D eigenvalue weighted by Gasteiger charge is -2.34. The van der Waals surface area contributed by atoms with E-state index >= 15 is 0 Å². The summed E-state index contributed by atoms with van der Waals surface area (Å²) in [5.41, 5.74) is 0.172. The predicted molar refractivity (Wildman–Crippen MR) is 95.6 cm³/mol. The average molecular weight is 419 g/mol. The first-order valence-electron chi connectivity index (χ1n) is 7.42. The van der Waals surface area contributed by atoms with Crippen LogP contribution in [0.1, 0.15) is 10.4 Å². The normalized spacial score (nSPS) is 15.5. The van der Waals surface area contributed by atoms with E-state index in [1.165, 1.54) is 24.3 Å². The van der Waals surface area contributed by atoms with Crippen LogP contribution in [0, 0.1) is 5.82 Å². The van der Waals surface area contributed by atoms with Crippen molar-refractivity contribution in [3.05, 3.63) is 57.8 Å². The molecule has 0 radical (unpaired) electrons. The first-order valence-corrected chi connectivity index (χ1v) is 9.62. The highest BCUT2D eigenvalue weighted by molar-refractivity contribution is 7.89. The number of benzene rings is 2. The third-order valence-corrected chi connectivity index (χ3v) is 6.27. The fourth-order valence-corrected chi connectivity index (χ4v) is 4.30. The first-order chi connectivity index (χ1) is 12.2. The fraction of sp³-hybridized carbons (Fsp3) is 0.188. The van der Waals surface area contributed by atoms with E-state index in [-0.39, 0.29) is 39.3 Å². The number of carbonyl (C=O) groups is 1. The molecule has 3 rings (SSSR count). The van der Waals surface area contributed by atoms with Gasteiger partial charge in [0.15, 0.2) is 0 Å². The number of anilines is 1. The number of hydrogen-bond acceptors (Lipinski definition) is 4. The number of nitrogens with zero attached hydrogens (tertiary/aromatic N) is 1. The molecule has 1 saturated heterocycles. The lowest BCUT2D eigenvalue weighted by Crippen LogP contribution is -2.53. The second-order valence-corrected chi connectivity index (χ2v) is 8.45. The van der Waals surface area contributed by atoms with Gasteiger partial charge in [-0.05, 0) is 36.4 Å². The van der Waals surface area contributed by atoms with E-state index in [4.69, 9.17) is 23.2 Å². The summed E-state index contributed by atoms with van der Waals surface area (Å²) in [5, 5.41) is 11.7. The van der Waals surface area contributed by atoms with Gasteiger partial charge in [-0.15, -0.1) is 0 Å². The van der Waals surface area contributed by atoms with Crippen LogP contribution in [0.2, 0.25) is 10.0 Å². The van der Waals surface area contributed by atoms with Crippen LogP contribution in [0.4, 0.5) is 10.1 Å². The van der Waals surface area contributed by atoms with Crippen LogP contribution in [0.5, 0.6) is 0 Å². The lowest BCUT2D eigenvalue weighted by atomic mass is 10.2. The summed E-state index contributed by atoms with van der Waals surface area (Å²) in [4.78, 5) is 12.3.